The van der Waals surface area contributed by atoms with Crippen LogP contribution in [0.25, 0.3) is 6.08 Å². The Bertz CT molecular complexity index is 722. The molecule has 0 fully saturated rings. The second-order valence-electron chi connectivity index (χ2n) is 4.53. The number of ketones is 1. The summed E-state index contributed by atoms with van der Waals surface area (Å²) in [6, 6.07) is 17.9. The number of rotatable bonds is 6. The maximum atomic E-state index is 12.3. The first-order valence-corrected chi connectivity index (χ1v) is 6.80. The second kappa shape index (κ2) is 7.61. The summed E-state index contributed by atoms with van der Waals surface area (Å²) in [4.78, 5) is 12.3. The molecule has 2 rings (SSSR count). The molecular formula is C19H15NO2. The van der Waals surface area contributed by atoms with Gasteiger partial charge in [0, 0.05) is 5.56 Å². The van der Waals surface area contributed by atoms with Crippen LogP contribution >= 0.6 is 0 Å². The van der Waals surface area contributed by atoms with Gasteiger partial charge < -0.3 is 4.74 Å². The summed E-state index contributed by atoms with van der Waals surface area (Å²) in [6.45, 7) is 4.02. The lowest BCUT2D eigenvalue weighted by atomic mass is 10.0. The highest BCUT2D eigenvalue weighted by atomic mass is 16.5. The standard InChI is InChI=1S/C19H15NO2/c1-2-12-22-18-10-8-15(9-11-18)13-17(14-20)19(21)16-6-4-3-5-7-16/h2-11,13H,1,12H2/b17-13+. The van der Waals surface area contributed by atoms with E-state index in [4.69, 9.17) is 4.74 Å². The number of allylic oxidation sites excluding steroid dienone is 1. The fraction of sp³-hybridized carbons (Fsp3) is 0.0526. The van der Waals surface area contributed by atoms with E-state index < -0.39 is 0 Å². The van der Waals surface area contributed by atoms with Gasteiger partial charge in [-0.15, -0.1) is 0 Å². The van der Waals surface area contributed by atoms with E-state index in [1.165, 1.54) is 0 Å². The maximum absolute atomic E-state index is 12.3. The van der Waals surface area contributed by atoms with Gasteiger partial charge in [-0.2, -0.15) is 5.26 Å². The van der Waals surface area contributed by atoms with Crippen molar-refractivity contribution >= 4 is 11.9 Å². The van der Waals surface area contributed by atoms with Gasteiger partial charge in [-0.05, 0) is 23.8 Å². The Kier molecular flexibility index (Phi) is 5.28. The Balaban J connectivity index is 2.20. The van der Waals surface area contributed by atoms with E-state index in [0.29, 0.717) is 17.9 Å². The zero-order valence-electron chi connectivity index (χ0n) is 12.0. The molecule has 0 heterocycles. The van der Waals surface area contributed by atoms with Gasteiger partial charge in [-0.25, -0.2) is 0 Å². The zero-order chi connectivity index (χ0) is 15.8. The first-order valence-electron chi connectivity index (χ1n) is 6.80. The monoisotopic (exact) mass is 289 g/mol. The third-order valence-electron chi connectivity index (χ3n) is 2.96. The SMILES string of the molecule is C=CCOc1ccc(/C=C(\C#N)C(=O)c2ccccc2)cc1. The molecule has 0 aliphatic rings. The largest absolute Gasteiger partial charge is 0.490 e. The number of ether oxygens (including phenoxy) is 1. The van der Waals surface area contributed by atoms with Crippen molar-refractivity contribution in [1.82, 2.24) is 0 Å². The lowest BCUT2D eigenvalue weighted by molar-refractivity contribution is 0.104. The third-order valence-corrected chi connectivity index (χ3v) is 2.96. The van der Waals surface area contributed by atoms with E-state index >= 15 is 0 Å². The van der Waals surface area contributed by atoms with Crippen LogP contribution in [0.5, 0.6) is 5.75 Å². The highest BCUT2D eigenvalue weighted by Gasteiger charge is 2.11. The molecule has 0 unspecified atom stereocenters. The fourth-order valence-corrected chi connectivity index (χ4v) is 1.88. The van der Waals surface area contributed by atoms with Crippen LogP contribution in [0.1, 0.15) is 15.9 Å². The first kappa shape index (κ1) is 15.3. The maximum Gasteiger partial charge on any atom is 0.203 e. The van der Waals surface area contributed by atoms with Crippen LogP contribution in [0.4, 0.5) is 0 Å². The molecule has 0 aliphatic heterocycles. The molecule has 0 saturated heterocycles. The Morgan fingerprint density at radius 3 is 2.41 bits per heavy atom. The van der Waals surface area contributed by atoms with Crippen LogP contribution in [0.2, 0.25) is 0 Å². The molecule has 22 heavy (non-hydrogen) atoms. The van der Waals surface area contributed by atoms with E-state index in [1.54, 1.807) is 60.7 Å². The van der Waals surface area contributed by atoms with Crippen LogP contribution in [-0.4, -0.2) is 12.4 Å². The van der Waals surface area contributed by atoms with Crippen molar-refractivity contribution in [2.75, 3.05) is 6.61 Å². The van der Waals surface area contributed by atoms with Gasteiger partial charge in [-0.1, -0.05) is 55.1 Å². The zero-order valence-corrected chi connectivity index (χ0v) is 12.0. The third kappa shape index (κ3) is 3.94. The summed E-state index contributed by atoms with van der Waals surface area (Å²) in [6.07, 6.45) is 3.24. The predicted molar refractivity (Wildman–Crippen MR) is 86.5 cm³/mol. The van der Waals surface area contributed by atoms with Gasteiger partial charge in [-0.3, -0.25) is 4.79 Å². The summed E-state index contributed by atoms with van der Waals surface area (Å²) in [5.74, 6) is 0.431. The van der Waals surface area contributed by atoms with Crippen molar-refractivity contribution in [3.8, 4) is 11.8 Å². The molecule has 0 aromatic heterocycles. The van der Waals surface area contributed by atoms with E-state index in [2.05, 4.69) is 6.58 Å². The Morgan fingerprint density at radius 2 is 1.82 bits per heavy atom. The molecule has 3 nitrogen and oxygen atoms in total. The van der Waals surface area contributed by atoms with Crippen LogP contribution < -0.4 is 4.74 Å². The molecular weight excluding hydrogens is 274 g/mol. The van der Waals surface area contributed by atoms with Gasteiger partial charge in [0.2, 0.25) is 5.78 Å². The highest BCUT2D eigenvalue weighted by Crippen LogP contribution is 2.16. The van der Waals surface area contributed by atoms with E-state index in [0.717, 1.165) is 5.56 Å². The van der Waals surface area contributed by atoms with E-state index in [1.807, 2.05) is 12.1 Å². The van der Waals surface area contributed by atoms with Gasteiger partial charge in [0.25, 0.3) is 0 Å². The number of benzene rings is 2. The van der Waals surface area contributed by atoms with Crippen LogP contribution in [0.15, 0.2) is 72.8 Å². The minimum atomic E-state index is -0.282. The van der Waals surface area contributed by atoms with Gasteiger partial charge in [0.05, 0.1) is 0 Å². The fourth-order valence-electron chi connectivity index (χ4n) is 1.88. The molecule has 0 saturated carbocycles. The smallest absolute Gasteiger partial charge is 0.203 e. The minimum absolute atomic E-state index is 0.103. The number of nitriles is 1. The number of hydrogen-bond donors (Lipinski definition) is 0. The number of Topliss-reactive ketones (excluding diaryl/α,β-unsaturated/α-hetero) is 1. The molecule has 2 aromatic carbocycles. The normalized spacial score (nSPS) is 10.6. The van der Waals surface area contributed by atoms with Crippen LogP contribution in [0, 0.1) is 11.3 Å². The second-order valence-corrected chi connectivity index (χ2v) is 4.53. The van der Waals surface area contributed by atoms with Crippen molar-refractivity contribution in [2.24, 2.45) is 0 Å². The van der Waals surface area contributed by atoms with Crippen molar-refractivity contribution in [3.63, 3.8) is 0 Å². The number of hydrogen-bond acceptors (Lipinski definition) is 3. The topological polar surface area (TPSA) is 50.1 Å². The molecule has 2 aromatic rings. The lowest BCUT2D eigenvalue weighted by Gasteiger charge is -2.03. The molecule has 0 bridgehead atoms. The van der Waals surface area contributed by atoms with E-state index in [-0.39, 0.29) is 11.4 Å². The molecule has 0 radical (unpaired) electrons. The van der Waals surface area contributed by atoms with Crippen molar-refractivity contribution < 1.29 is 9.53 Å². The molecule has 3 heteroatoms. The van der Waals surface area contributed by atoms with Crippen molar-refractivity contribution in [3.05, 3.63) is 84.0 Å². The van der Waals surface area contributed by atoms with E-state index in [9.17, 15) is 10.1 Å². The number of carbonyl (C=O) groups is 1. The average molecular weight is 289 g/mol. The Hall–Kier alpha value is -3.12. The molecule has 0 spiro atoms. The summed E-state index contributed by atoms with van der Waals surface area (Å²) in [7, 11) is 0. The minimum Gasteiger partial charge on any atom is -0.490 e. The number of nitrogens with zero attached hydrogens (tertiary/aromatic N) is 1. The van der Waals surface area contributed by atoms with Crippen molar-refractivity contribution in [2.45, 2.75) is 0 Å². The average Bonchev–Trinajstić information content (AvgIpc) is 2.59. The van der Waals surface area contributed by atoms with Gasteiger partial charge >= 0.3 is 0 Å². The predicted octanol–water partition coefficient (Wildman–Crippen LogP) is 4.04. The Morgan fingerprint density at radius 1 is 1.14 bits per heavy atom. The lowest BCUT2D eigenvalue weighted by Crippen LogP contribution is -2.01. The van der Waals surface area contributed by atoms with Crippen LogP contribution in [-0.2, 0) is 0 Å². The van der Waals surface area contributed by atoms with Crippen LogP contribution in [0.3, 0.4) is 0 Å². The highest BCUT2D eigenvalue weighted by molar-refractivity contribution is 6.13. The summed E-state index contributed by atoms with van der Waals surface area (Å²) in [5, 5.41) is 9.21. The summed E-state index contributed by atoms with van der Waals surface area (Å²) in [5.41, 5.74) is 1.37. The summed E-state index contributed by atoms with van der Waals surface area (Å²) >= 11 is 0. The molecule has 0 atom stereocenters. The number of carbonyl (C=O) groups excluding carboxylic acids is 1. The molecule has 0 N–H and O–H groups in total. The molecule has 108 valence electrons. The molecule has 0 amide bonds. The Labute approximate surface area is 129 Å². The van der Waals surface area contributed by atoms with Gasteiger partial charge in [0.1, 0.15) is 24.0 Å². The summed E-state index contributed by atoms with van der Waals surface area (Å²) < 4.78 is 5.39. The quantitative estimate of drug-likeness (QED) is 0.349. The van der Waals surface area contributed by atoms with Crippen molar-refractivity contribution in [1.29, 1.82) is 5.26 Å². The first-order chi connectivity index (χ1) is 10.7. The molecule has 0 aliphatic carbocycles. The van der Waals surface area contributed by atoms with Gasteiger partial charge in [0.15, 0.2) is 0 Å².